The van der Waals surface area contributed by atoms with Gasteiger partial charge in [-0.05, 0) is 45.2 Å². The smallest absolute Gasteiger partial charge is 0.325 e. The molecule has 6 nitrogen and oxygen atoms in total. The van der Waals surface area contributed by atoms with E-state index in [0.29, 0.717) is 19.4 Å². The first-order valence-electron chi connectivity index (χ1n) is 9.38. The minimum absolute atomic E-state index is 0.0339. The minimum Gasteiger partial charge on any atom is -0.353 e. The highest BCUT2D eigenvalue weighted by atomic mass is 32.1. The van der Waals surface area contributed by atoms with Gasteiger partial charge in [-0.2, -0.15) is 0 Å². The first kappa shape index (κ1) is 18.9. The van der Waals surface area contributed by atoms with Gasteiger partial charge < -0.3 is 10.6 Å². The van der Waals surface area contributed by atoms with Crippen molar-refractivity contribution in [2.75, 3.05) is 6.54 Å². The molecule has 26 heavy (non-hydrogen) atoms. The molecule has 3 rings (SSSR count). The summed E-state index contributed by atoms with van der Waals surface area (Å²) in [6.07, 6.45) is 5.04. The number of nitrogens with one attached hydrogen (secondary N) is 2. The molecule has 1 saturated heterocycles. The molecule has 2 heterocycles. The Hall–Kier alpha value is -1.89. The first-order valence-corrected chi connectivity index (χ1v) is 10.2. The maximum atomic E-state index is 12.5. The molecule has 142 valence electrons. The second-order valence-corrected chi connectivity index (χ2v) is 8.84. The zero-order chi connectivity index (χ0) is 18.7. The van der Waals surface area contributed by atoms with Crippen molar-refractivity contribution in [1.82, 2.24) is 15.5 Å². The number of nitrogens with zero attached hydrogens (tertiary/aromatic N) is 1. The van der Waals surface area contributed by atoms with E-state index in [1.54, 1.807) is 11.3 Å². The van der Waals surface area contributed by atoms with Gasteiger partial charge in [-0.3, -0.25) is 14.5 Å². The van der Waals surface area contributed by atoms with Gasteiger partial charge in [0.15, 0.2) is 0 Å². The molecule has 1 saturated carbocycles. The van der Waals surface area contributed by atoms with Gasteiger partial charge in [-0.15, -0.1) is 11.3 Å². The van der Waals surface area contributed by atoms with Crippen LogP contribution in [0.15, 0.2) is 12.1 Å². The number of thiophene rings is 1. The molecule has 2 aliphatic rings. The molecule has 1 atom stereocenters. The summed E-state index contributed by atoms with van der Waals surface area (Å²) in [7, 11) is 0. The SMILES string of the molecule is Cc1ccc(CC(C)NC(=O)CCCN2C(=O)NC3(CCCC3)C2=O)s1. The Morgan fingerprint density at radius 3 is 2.73 bits per heavy atom. The highest BCUT2D eigenvalue weighted by molar-refractivity contribution is 7.11. The molecule has 1 aliphatic carbocycles. The van der Waals surface area contributed by atoms with Crippen LogP contribution in [0.2, 0.25) is 0 Å². The number of hydrogen-bond acceptors (Lipinski definition) is 4. The van der Waals surface area contributed by atoms with Crippen molar-refractivity contribution in [3.05, 3.63) is 21.9 Å². The van der Waals surface area contributed by atoms with Crippen LogP contribution in [0, 0.1) is 6.92 Å². The molecule has 1 spiro atoms. The van der Waals surface area contributed by atoms with Crippen molar-refractivity contribution in [2.24, 2.45) is 0 Å². The molecule has 0 bridgehead atoms. The average molecular weight is 378 g/mol. The number of carbonyl (C=O) groups excluding carboxylic acids is 3. The molecule has 1 aromatic heterocycles. The number of carbonyl (C=O) groups is 3. The van der Waals surface area contributed by atoms with Crippen LogP contribution in [-0.2, 0) is 16.0 Å². The van der Waals surface area contributed by atoms with Crippen LogP contribution in [0.5, 0.6) is 0 Å². The summed E-state index contributed by atoms with van der Waals surface area (Å²) in [6.45, 7) is 4.37. The lowest BCUT2D eigenvalue weighted by molar-refractivity contribution is -0.131. The summed E-state index contributed by atoms with van der Waals surface area (Å²) >= 11 is 1.75. The fourth-order valence-corrected chi connectivity index (χ4v) is 4.91. The monoisotopic (exact) mass is 377 g/mol. The fourth-order valence-electron chi connectivity index (χ4n) is 3.89. The van der Waals surface area contributed by atoms with Gasteiger partial charge >= 0.3 is 6.03 Å². The molecule has 2 N–H and O–H groups in total. The van der Waals surface area contributed by atoms with Gasteiger partial charge in [0, 0.05) is 35.2 Å². The quantitative estimate of drug-likeness (QED) is 0.717. The van der Waals surface area contributed by atoms with Gasteiger partial charge in [0.2, 0.25) is 5.91 Å². The molecular weight excluding hydrogens is 350 g/mol. The molecule has 0 aromatic carbocycles. The third kappa shape index (κ3) is 4.09. The molecular formula is C19H27N3O3S. The van der Waals surface area contributed by atoms with E-state index in [0.717, 1.165) is 32.1 Å². The van der Waals surface area contributed by atoms with E-state index in [1.807, 2.05) is 6.92 Å². The maximum Gasteiger partial charge on any atom is 0.325 e. The Morgan fingerprint density at radius 1 is 1.35 bits per heavy atom. The third-order valence-electron chi connectivity index (χ3n) is 5.20. The van der Waals surface area contributed by atoms with Crippen LogP contribution < -0.4 is 10.6 Å². The summed E-state index contributed by atoms with van der Waals surface area (Å²) in [6, 6.07) is 3.95. The third-order valence-corrected chi connectivity index (χ3v) is 6.22. The standard InChI is InChI=1S/C19H27N3O3S/c1-13(12-15-8-7-14(2)26-15)20-16(23)6-5-11-22-17(24)19(21-18(22)25)9-3-4-10-19/h7-8,13H,3-6,9-12H2,1-2H3,(H,20,23)(H,21,25). The highest BCUT2D eigenvalue weighted by Gasteiger charge is 2.51. The van der Waals surface area contributed by atoms with Crippen molar-refractivity contribution in [1.29, 1.82) is 0 Å². The fraction of sp³-hybridized carbons (Fsp3) is 0.632. The average Bonchev–Trinajstić information content (AvgIpc) is 3.25. The Kier molecular flexibility index (Phi) is 5.65. The number of hydrogen-bond donors (Lipinski definition) is 2. The summed E-state index contributed by atoms with van der Waals surface area (Å²) < 4.78 is 0. The number of aryl methyl sites for hydroxylation is 1. The van der Waals surface area contributed by atoms with Crippen molar-refractivity contribution in [3.63, 3.8) is 0 Å². The number of urea groups is 1. The van der Waals surface area contributed by atoms with Crippen LogP contribution >= 0.6 is 11.3 Å². The van der Waals surface area contributed by atoms with E-state index in [4.69, 9.17) is 0 Å². The minimum atomic E-state index is -0.660. The number of amides is 4. The Morgan fingerprint density at radius 2 is 2.08 bits per heavy atom. The van der Waals surface area contributed by atoms with Crippen LogP contribution in [0.4, 0.5) is 4.79 Å². The Labute approximate surface area is 158 Å². The molecule has 4 amide bonds. The molecule has 2 fully saturated rings. The van der Waals surface area contributed by atoms with Gasteiger partial charge in [0.25, 0.3) is 5.91 Å². The van der Waals surface area contributed by atoms with Gasteiger partial charge in [0.1, 0.15) is 5.54 Å². The predicted octanol–water partition coefficient (Wildman–Crippen LogP) is 2.75. The van der Waals surface area contributed by atoms with Crippen molar-refractivity contribution in [2.45, 2.75) is 70.4 Å². The normalized spacial score (nSPS) is 19.8. The van der Waals surface area contributed by atoms with E-state index in [9.17, 15) is 14.4 Å². The summed E-state index contributed by atoms with van der Waals surface area (Å²) in [4.78, 5) is 40.6. The predicted molar refractivity (Wildman–Crippen MR) is 101 cm³/mol. The topological polar surface area (TPSA) is 78.5 Å². The van der Waals surface area contributed by atoms with E-state index in [-0.39, 0.29) is 23.9 Å². The van der Waals surface area contributed by atoms with E-state index in [1.165, 1.54) is 14.7 Å². The zero-order valence-electron chi connectivity index (χ0n) is 15.5. The molecule has 1 aliphatic heterocycles. The summed E-state index contributed by atoms with van der Waals surface area (Å²) in [5.41, 5.74) is -0.660. The Balaban J connectivity index is 1.41. The van der Waals surface area contributed by atoms with Crippen LogP contribution in [0.25, 0.3) is 0 Å². The molecule has 7 heteroatoms. The second kappa shape index (κ2) is 7.78. The van der Waals surface area contributed by atoms with Gasteiger partial charge in [0.05, 0.1) is 0 Å². The second-order valence-electron chi connectivity index (χ2n) is 7.46. The largest absolute Gasteiger partial charge is 0.353 e. The van der Waals surface area contributed by atoms with E-state index < -0.39 is 5.54 Å². The molecule has 1 unspecified atom stereocenters. The van der Waals surface area contributed by atoms with E-state index >= 15 is 0 Å². The lowest BCUT2D eigenvalue weighted by atomic mass is 9.98. The van der Waals surface area contributed by atoms with Gasteiger partial charge in [-0.25, -0.2) is 4.79 Å². The Bertz CT molecular complexity index is 694. The van der Waals surface area contributed by atoms with Crippen molar-refractivity contribution < 1.29 is 14.4 Å². The van der Waals surface area contributed by atoms with Crippen molar-refractivity contribution >= 4 is 29.2 Å². The van der Waals surface area contributed by atoms with E-state index in [2.05, 4.69) is 29.7 Å². The van der Waals surface area contributed by atoms with Gasteiger partial charge in [-0.1, -0.05) is 12.8 Å². The first-order chi connectivity index (χ1) is 12.4. The van der Waals surface area contributed by atoms with Crippen LogP contribution in [0.3, 0.4) is 0 Å². The van der Waals surface area contributed by atoms with Crippen molar-refractivity contribution in [3.8, 4) is 0 Å². The lowest BCUT2D eigenvalue weighted by Crippen LogP contribution is -2.44. The van der Waals surface area contributed by atoms with Crippen LogP contribution in [0.1, 0.15) is 55.2 Å². The maximum absolute atomic E-state index is 12.5. The number of rotatable bonds is 7. The molecule has 1 aromatic rings. The summed E-state index contributed by atoms with van der Waals surface area (Å²) in [5.74, 6) is -0.143. The highest BCUT2D eigenvalue weighted by Crippen LogP contribution is 2.35. The van der Waals surface area contributed by atoms with Crippen LogP contribution in [-0.4, -0.2) is 40.9 Å². The summed E-state index contributed by atoms with van der Waals surface area (Å²) in [5, 5.41) is 5.86. The number of imide groups is 1. The lowest BCUT2D eigenvalue weighted by Gasteiger charge is -2.20. The molecule has 0 radical (unpaired) electrons. The zero-order valence-corrected chi connectivity index (χ0v) is 16.3.